The van der Waals surface area contributed by atoms with Gasteiger partial charge in [0.2, 0.25) is 0 Å². The molecule has 0 spiro atoms. The van der Waals surface area contributed by atoms with E-state index >= 15 is 0 Å². The number of aryl methyl sites for hydroxylation is 1. The fraction of sp³-hybridized carbons (Fsp3) is 0.286. The second-order valence-electron chi connectivity index (χ2n) is 4.57. The molecule has 0 radical (unpaired) electrons. The number of benzene rings is 1. The van der Waals surface area contributed by atoms with Crippen LogP contribution in [0, 0.1) is 0 Å². The summed E-state index contributed by atoms with van der Waals surface area (Å²) in [5.74, 6) is 0.769. The van der Waals surface area contributed by atoms with Gasteiger partial charge in [-0.25, -0.2) is 9.97 Å². The summed E-state index contributed by atoms with van der Waals surface area (Å²) in [5, 5.41) is 13.3. The summed E-state index contributed by atoms with van der Waals surface area (Å²) in [5.41, 5.74) is 3.77. The van der Waals surface area contributed by atoms with E-state index < -0.39 is 0 Å². The monoisotopic (exact) mass is 290 g/mol. The Morgan fingerprint density at radius 1 is 1.35 bits per heavy atom. The van der Waals surface area contributed by atoms with Crippen molar-refractivity contribution in [2.75, 3.05) is 23.4 Å². The van der Waals surface area contributed by atoms with E-state index in [-0.39, 0.29) is 6.61 Å². The SMILES string of the molecule is CCc1cc2c(cc1Cl)Nc1cncnc1N2CCO. The number of rotatable bonds is 3. The zero-order chi connectivity index (χ0) is 14.1. The van der Waals surface area contributed by atoms with E-state index in [4.69, 9.17) is 11.6 Å². The van der Waals surface area contributed by atoms with E-state index in [0.717, 1.165) is 39.9 Å². The quantitative estimate of drug-likeness (QED) is 0.910. The first-order valence-electron chi connectivity index (χ1n) is 6.52. The first-order chi connectivity index (χ1) is 9.74. The van der Waals surface area contributed by atoms with E-state index in [1.54, 1.807) is 6.20 Å². The molecule has 0 fully saturated rings. The fourth-order valence-electron chi connectivity index (χ4n) is 2.41. The molecule has 0 bridgehead atoms. The lowest BCUT2D eigenvalue weighted by molar-refractivity contribution is 0.305. The molecule has 6 heteroatoms. The van der Waals surface area contributed by atoms with Crippen molar-refractivity contribution in [1.29, 1.82) is 0 Å². The minimum atomic E-state index is 0.0486. The minimum Gasteiger partial charge on any atom is -0.395 e. The van der Waals surface area contributed by atoms with Crippen LogP contribution in [0.4, 0.5) is 22.9 Å². The highest BCUT2D eigenvalue weighted by Crippen LogP contribution is 2.43. The van der Waals surface area contributed by atoms with E-state index in [9.17, 15) is 5.11 Å². The van der Waals surface area contributed by atoms with Crippen LogP contribution in [-0.4, -0.2) is 28.2 Å². The first-order valence-corrected chi connectivity index (χ1v) is 6.90. The number of anilines is 4. The summed E-state index contributed by atoms with van der Waals surface area (Å²) >= 11 is 6.27. The van der Waals surface area contributed by atoms with Crippen molar-refractivity contribution in [2.45, 2.75) is 13.3 Å². The summed E-state index contributed by atoms with van der Waals surface area (Å²) in [6.07, 6.45) is 4.08. The number of nitrogens with zero attached hydrogens (tertiary/aromatic N) is 3. The van der Waals surface area contributed by atoms with Crippen molar-refractivity contribution >= 4 is 34.5 Å². The van der Waals surface area contributed by atoms with Gasteiger partial charge in [0.15, 0.2) is 5.82 Å². The molecule has 0 unspecified atom stereocenters. The van der Waals surface area contributed by atoms with E-state index in [0.29, 0.717) is 6.54 Å². The molecule has 2 heterocycles. The van der Waals surface area contributed by atoms with Gasteiger partial charge in [-0.3, -0.25) is 0 Å². The number of β-amino-alcohol motifs (C(OH)–C–C–N with tert-alkyl or cyclic N) is 1. The van der Waals surface area contributed by atoms with Crippen LogP contribution in [0.15, 0.2) is 24.7 Å². The third-order valence-corrected chi connectivity index (χ3v) is 3.73. The van der Waals surface area contributed by atoms with Gasteiger partial charge in [-0.05, 0) is 24.1 Å². The van der Waals surface area contributed by atoms with Gasteiger partial charge in [-0.1, -0.05) is 18.5 Å². The molecule has 5 nitrogen and oxygen atoms in total. The lowest BCUT2D eigenvalue weighted by atomic mass is 10.1. The molecule has 2 aromatic rings. The molecular weight excluding hydrogens is 276 g/mol. The number of hydrogen-bond acceptors (Lipinski definition) is 5. The largest absolute Gasteiger partial charge is 0.395 e. The number of aromatic nitrogens is 2. The highest BCUT2D eigenvalue weighted by molar-refractivity contribution is 6.32. The molecule has 1 aliphatic heterocycles. The first kappa shape index (κ1) is 13.1. The minimum absolute atomic E-state index is 0.0486. The molecule has 0 aliphatic carbocycles. The molecule has 1 aromatic heterocycles. The topological polar surface area (TPSA) is 61.3 Å². The number of nitrogens with one attached hydrogen (secondary N) is 1. The average molecular weight is 291 g/mol. The van der Waals surface area contributed by atoms with Crippen LogP contribution in [0.5, 0.6) is 0 Å². The van der Waals surface area contributed by atoms with Crippen LogP contribution < -0.4 is 10.2 Å². The van der Waals surface area contributed by atoms with Crippen molar-refractivity contribution in [1.82, 2.24) is 9.97 Å². The van der Waals surface area contributed by atoms with Crippen LogP contribution >= 0.6 is 11.6 Å². The Morgan fingerprint density at radius 2 is 2.20 bits per heavy atom. The highest BCUT2D eigenvalue weighted by Gasteiger charge is 2.24. The lowest BCUT2D eigenvalue weighted by Gasteiger charge is -2.32. The van der Waals surface area contributed by atoms with Gasteiger partial charge >= 0.3 is 0 Å². The number of hydrogen-bond donors (Lipinski definition) is 2. The molecule has 0 saturated heterocycles. The number of aliphatic hydroxyl groups is 1. The zero-order valence-electron chi connectivity index (χ0n) is 11.1. The number of aliphatic hydroxyl groups excluding tert-OH is 1. The lowest BCUT2D eigenvalue weighted by Crippen LogP contribution is -2.27. The molecule has 1 aliphatic rings. The van der Waals surface area contributed by atoms with Gasteiger partial charge in [-0.2, -0.15) is 0 Å². The Labute approximate surface area is 122 Å². The molecule has 0 atom stereocenters. The Morgan fingerprint density at radius 3 is 2.95 bits per heavy atom. The smallest absolute Gasteiger partial charge is 0.160 e. The van der Waals surface area contributed by atoms with Gasteiger partial charge < -0.3 is 15.3 Å². The van der Waals surface area contributed by atoms with Crippen LogP contribution in [0.2, 0.25) is 5.02 Å². The Kier molecular flexibility index (Phi) is 3.46. The maximum absolute atomic E-state index is 9.32. The predicted molar refractivity (Wildman–Crippen MR) is 80.2 cm³/mol. The molecule has 104 valence electrons. The molecule has 2 N–H and O–H groups in total. The van der Waals surface area contributed by atoms with Gasteiger partial charge in [-0.15, -0.1) is 0 Å². The van der Waals surface area contributed by atoms with Gasteiger partial charge in [0, 0.05) is 11.6 Å². The van der Waals surface area contributed by atoms with Crippen molar-refractivity contribution in [3.05, 3.63) is 35.2 Å². The maximum Gasteiger partial charge on any atom is 0.160 e. The number of halogens is 1. The van der Waals surface area contributed by atoms with Gasteiger partial charge in [0.25, 0.3) is 0 Å². The molecule has 1 aromatic carbocycles. The zero-order valence-corrected chi connectivity index (χ0v) is 11.9. The van der Waals surface area contributed by atoms with Crippen molar-refractivity contribution < 1.29 is 5.11 Å². The predicted octanol–water partition coefficient (Wildman–Crippen LogP) is 2.88. The van der Waals surface area contributed by atoms with Crippen LogP contribution in [0.1, 0.15) is 12.5 Å². The molecule has 20 heavy (non-hydrogen) atoms. The summed E-state index contributed by atoms with van der Waals surface area (Å²) in [7, 11) is 0. The normalized spacial score (nSPS) is 12.7. The van der Waals surface area contributed by atoms with Crippen LogP contribution in [-0.2, 0) is 6.42 Å². The second-order valence-corrected chi connectivity index (χ2v) is 4.98. The molecular formula is C14H15ClN4O. The maximum atomic E-state index is 9.32. The number of fused-ring (bicyclic) bond motifs is 2. The van der Waals surface area contributed by atoms with E-state index in [1.165, 1.54) is 6.33 Å². The molecule has 0 saturated carbocycles. The standard InChI is InChI=1S/C14H15ClN4O/c1-2-9-5-13-11(6-10(9)15)18-12-7-16-8-17-14(12)19(13)3-4-20/h5-8,18,20H,2-4H2,1H3. The highest BCUT2D eigenvalue weighted by atomic mass is 35.5. The third kappa shape index (κ3) is 2.09. The summed E-state index contributed by atoms with van der Waals surface area (Å²) < 4.78 is 0. The summed E-state index contributed by atoms with van der Waals surface area (Å²) in [6.45, 7) is 2.59. The van der Waals surface area contributed by atoms with Crippen LogP contribution in [0.25, 0.3) is 0 Å². The van der Waals surface area contributed by atoms with Crippen LogP contribution in [0.3, 0.4) is 0 Å². The Bertz CT molecular complexity index is 647. The van der Waals surface area contributed by atoms with Gasteiger partial charge in [0.1, 0.15) is 12.0 Å². The summed E-state index contributed by atoms with van der Waals surface area (Å²) in [4.78, 5) is 10.3. The van der Waals surface area contributed by atoms with Crippen molar-refractivity contribution in [2.24, 2.45) is 0 Å². The molecule has 3 rings (SSSR count). The van der Waals surface area contributed by atoms with Crippen molar-refractivity contribution in [3.63, 3.8) is 0 Å². The van der Waals surface area contributed by atoms with Gasteiger partial charge in [0.05, 0.1) is 24.2 Å². The average Bonchev–Trinajstić information content (AvgIpc) is 2.46. The second kappa shape index (κ2) is 5.26. The van der Waals surface area contributed by atoms with E-state index in [1.807, 2.05) is 17.0 Å². The molecule has 0 amide bonds. The van der Waals surface area contributed by atoms with E-state index in [2.05, 4.69) is 22.2 Å². The Balaban J connectivity index is 2.15. The third-order valence-electron chi connectivity index (χ3n) is 3.38. The Hall–Kier alpha value is -1.85. The fourth-order valence-corrected chi connectivity index (χ4v) is 2.71. The summed E-state index contributed by atoms with van der Waals surface area (Å²) in [6, 6.07) is 3.96. The van der Waals surface area contributed by atoms with Crippen molar-refractivity contribution in [3.8, 4) is 0 Å².